The lowest BCUT2D eigenvalue weighted by molar-refractivity contribution is -0.124. The summed E-state index contributed by atoms with van der Waals surface area (Å²) in [6.07, 6.45) is 1.35. The molecule has 134 valence electrons. The average molecular weight is 347 g/mol. The highest BCUT2D eigenvalue weighted by atomic mass is 16.5. The molecular weight excluding hydrogens is 326 g/mol. The summed E-state index contributed by atoms with van der Waals surface area (Å²) in [7, 11) is 3.10. The Morgan fingerprint density at radius 3 is 2.52 bits per heavy atom. The molecule has 0 bridgehead atoms. The van der Waals surface area contributed by atoms with E-state index >= 15 is 0 Å². The summed E-state index contributed by atoms with van der Waals surface area (Å²) in [6, 6.07) is 5.51. The number of aromatic carboxylic acids is 1. The van der Waals surface area contributed by atoms with E-state index in [4.69, 9.17) is 14.6 Å². The van der Waals surface area contributed by atoms with Crippen LogP contribution in [0.2, 0.25) is 0 Å². The summed E-state index contributed by atoms with van der Waals surface area (Å²) < 4.78 is 11.7. The van der Waals surface area contributed by atoms with Gasteiger partial charge in [0.2, 0.25) is 5.91 Å². The SMILES string of the molecule is COc1ccc(OC)c(C(C)NC(=O)C(C)n2nccc2C(=O)O)c1. The standard InChI is InChI=1S/C17H21N3O5/c1-10(13-9-12(24-3)5-6-15(13)25-4)19-16(21)11(2)20-14(17(22)23)7-8-18-20/h5-11H,1-4H3,(H,19,21)(H,22,23). The molecule has 2 atom stereocenters. The minimum Gasteiger partial charge on any atom is -0.497 e. The first kappa shape index (κ1) is 18.3. The second-order valence-corrected chi connectivity index (χ2v) is 5.48. The number of carbonyl (C=O) groups is 2. The van der Waals surface area contributed by atoms with Crippen molar-refractivity contribution in [1.29, 1.82) is 0 Å². The Morgan fingerprint density at radius 1 is 1.20 bits per heavy atom. The van der Waals surface area contributed by atoms with Crippen LogP contribution in [0.3, 0.4) is 0 Å². The number of rotatable bonds is 7. The Hall–Kier alpha value is -3.03. The molecule has 2 unspecified atom stereocenters. The summed E-state index contributed by atoms with van der Waals surface area (Å²) in [6.45, 7) is 3.40. The second kappa shape index (κ2) is 7.69. The van der Waals surface area contributed by atoms with Crippen molar-refractivity contribution >= 4 is 11.9 Å². The minimum absolute atomic E-state index is 0.0470. The summed E-state index contributed by atoms with van der Waals surface area (Å²) in [5.41, 5.74) is 0.704. The number of nitrogens with one attached hydrogen (secondary N) is 1. The van der Waals surface area contributed by atoms with Crippen molar-refractivity contribution in [3.05, 3.63) is 41.7 Å². The maximum Gasteiger partial charge on any atom is 0.354 e. The van der Waals surface area contributed by atoms with Crippen LogP contribution in [-0.2, 0) is 4.79 Å². The lowest BCUT2D eigenvalue weighted by Gasteiger charge is -2.21. The van der Waals surface area contributed by atoms with E-state index in [1.807, 2.05) is 6.92 Å². The summed E-state index contributed by atoms with van der Waals surface area (Å²) >= 11 is 0. The van der Waals surface area contributed by atoms with Crippen LogP contribution in [0.4, 0.5) is 0 Å². The highest BCUT2D eigenvalue weighted by Crippen LogP contribution is 2.29. The number of aromatic nitrogens is 2. The van der Waals surface area contributed by atoms with Crippen molar-refractivity contribution in [2.45, 2.75) is 25.9 Å². The van der Waals surface area contributed by atoms with E-state index in [0.717, 1.165) is 5.56 Å². The van der Waals surface area contributed by atoms with Gasteiger partial charge in [-0.15, -0.1) is 0 Å². The zero-order valence-corrected chi connectivity index (χ0v) is 14.5. The fourth-order valence-electron chi connectivity index (χ4n) is 2.49. The first-order chi connectivity index (χ1) is 11.9. The van der Waals surface area contributed by atoms with Gasteiger partial charge in [0.05, 0.1) is 20.3 Å². The summed E-state index contributed by atoms with van der Waals surface area (Å²) in [4.78, 5) is 23.7. The predicted molar refractivity (Wildman–Crippen MR) is 90.0 cm³/mol. The number of nitrogens with zero attached hydrogens (tertiary/aromatic N) is 2. The first-order valence-corrected chi connectivity index (χ1v) is 7.68. The lowest BCUT2D eigenvalue weighted by Crippen LogP contribution is -2.34. The maximum absolute atomic E-state index is 12.5. The van der Waals surface area contributed by atoms with Crippen molar-refractivity contribution in [3.63, 3.8) is 0 Å². The zero-order valence-electron chi connectivity index (χ0n) is 14.5. The number of carboxylic acids is 1. The van der Waals surface area contributed by atoms with E-state index in [2.05, 4.69) is 10.4 Å². The van der Waals surface area contributed by atoms with Crippen molar-refractivity contribution in [1.82, 2.24) is 15.1 Å². The fourth-order valence-corrected chi connectivity index (χ4v) is 2.49. The maximum atomic E-state index is 12.5. The van der Waals surface area contributed by atoms with Crippen molar-refractivity contribution < 1.29 is 24.2 Å². The van der Waals surface area contributed by atoms with Crippen LogP contribution >= 0.6 is 0 Å². The Balaban J connectivity index is 2.19. The van der Waals surface area contributed by atoms with Crippen LogP contribution in [-0.4, -0.2) is 41.0 Å². The molecule has 0 spiro atoms. The molecule has 0 radical (unpaired) electrons. The Morgan fingerprint density at radius 2 is 1.92 bits per heavy atom. The molecule has 1 aromatic carbocycles. The van der Waals surface area contributed by atoms with Gasteiger partial charge in [-0.05, 0) is 38.1 Å². The molecule has 0 saturated heterocycles. The molecule has 8 heteroatoms. The van der Waals surface area contributed by atoms with Gasteiger partial charge in [0, 0.05) is 11.8 Å². The van der Waals surface area contributed by atoms with E-state index in [0.29, 0.717) is 11.5 Å². The number of hydrogen-bond acceptors (Lipinski definition) is 5. The molecule has 0 aliphatic heterocycles. The predicted octanol–water partition coefficient (Wildman–Crippen LogP) is 2.04. The molecule has 0 fully saturated rings. The topological polar surface area (TPSA) is 103 Å². The van der Waals surface area contributed by atoms with Gasteiger partial charge in [0.1, 0.15) is 23.2 Å². The molecule has 25 heavy (non-hydrogen) atoms. The van der Waals surface area contributed by atoms with Crippen LogP contribution in [0, 0.1) is 0 Å². The second-order valence-electron chi connectivity index (χ2n) is 5.48. The Labute approximate surface area is 145 Å². The quantitative estimate of drug-likeness (QED) is 0.794. The number of hydrogen-bond donors (Lipinski definition) is 2. The van der Waals surface area contributed by atoms with Crippen LogP contribution in [0.15, 0.2) is 30.5 Å². The van der Waals surface area contributed by atoms with Gasteiger partial charge >= 0.3 is 5.97 Å². The van der Waals surface area contributed by atoms with Crippen LogP contribution in [0.25, 0.3) is 0 Å². The monoisotopic (exact) mass is 347 g/mol. The summed E-state index contributed by atoms with van der Waals surface area (Å²) in [5.74, 6) is -0.236. The fraction of sp³-hybridized carbons (Fsp3) is 0.353. The van der Waals surface area contributed by atoms with Crippen molar-refractivity contribution in [3.8, 4) is 11.5 Å². The van der Waals surface area contributed by atoms with E-state index in [1.54, 1.807) is 39.3 Å². The van der Waals surface area contributed by atoms with Gasteiger partial charge in [-0.1, -0.05) is 0 Å². The van der Waals surface area contributed by atoms with Crippen LogP contribution in [0.5, 0.6) is 11.5 Å². The third-order valence-corrected chi connectivity index (χ3v) is 3.90. The Bertz CT molecular complexity index is 771. The van der Waals surface area contributed by atoms with Gasteiger partial charge < -0.3 is 19.9 Å². The van der Waals surface area contributed by atoms with Crippen molar-refractivity contribution in [2.75, 3.05) is 14.2 Å². The number of carboxylic acid groups (broad SMARTS) is 1. The molecule has 2 N–H and O–H groups in total. The summed E-state index contributed by atoms with van der Waals surface area (Å²) in [5, 5.41) is 15.9. The number of benzene rings is 1. The molecule has 0 aliphatic rings. The molecule has 0 saturated carbocycles. The minimum atomic E-state index is -1.14. The zero-order chi connectivity index (χ0) is 18.6. The third-order valence-electron chi connectivity index (χ3n) is 3.90. The molecule has 0 aliphatic carbocycles. The van der Waals surface area contributed by atoms with Crippen LogP contribution < -0.4 is 14.8 Å². The molecule has 1 heterocycles. The van der Waals surface area contributed by atoms with Gasteiger partial charge in [-0.25, -0.2) is 9.48 Å². The normalized spacial score (nSPS) is 13.0. The van der Waals surface area contributed by atoms with E-state index in [1.165, 1.54) is 16.9 Å². The number of carbonyl (C=O) groups excluding carboxylic acids is 1. The van der Waals surface area contributed by atoms with E-state index in [-0.39, 0.29) is 17.6 Å². The smallest absolute Gasteiger partial charge is 0.354 e. The average Bonchev–Trinajstić information content (AvgIpc) is 3.10. The molecule has 2 rings (SSSR count). The highest BCUT2D eigenvalue weighted by Gasteiger charge is 2.24. The molecule has 2 aromatic rings. The van der Waals surface area contributed by atoms with Gasteiger partial charge in [0.25, 0.3) is 0 Å². The first-order valence-electron chi connectivity index (χ1n) is 7.68. The molecule has 8 nitrogen and oxygen atoms in total. The molecular formula is C17H21N3O5. The molecule has 1 aromatic heterocycles. The lowest BCUT2D eigenvalue weighted by atomic mass is 10.1. The molecule has 1 amide bonds. The van der Waals surface area contributed by atoms with E-state index in [9.17, 15) is 9.59 Å². The third kappa shape index (κ3) is 3.90. The largest absolute Gasteiger partial charge is 0.497 e. The van der Waals surface area contributed by atoms with Gasteiger partial charge in [-0.2, -0.15) is 5.10 Å². The van der Waals surface area contributed by atoms with Gasteiger partial charge in [0.15, 0.2) is 0 Å². The van der Waals surface area contributed by atoms with Gasteiger partial charge in [-0.3, -0.25) is 4.79 Å². The highest BCUT2D eigenvalue weighted by molar-refractivity contribution is 5.87. The number of methoxy groups -OCH3 is 2. The van der Waals surface area contributed by atoms with Crippen molar-refractivity contribution in [2.24, 2.45) is 0 Å². The van der Waals surface area contributed by atoms with E-state index < -0.39 is 12.0 Å². The Kier molecular flexibility index (Phi) is 5.63. The van der Waals surface area contributed by atoms with Crippen LogP contribution in [0.1, 0.15) is 42.0 Å². The number of ether oxygens (including phenoxy) is 2. The number of amides is 1.